The van der Waals surface area contributed by atoms with Crippen molar-refractivity contribution in [3.8, 4) is 0 Å². The average molecular weight is 831 g/mol. The molecule has 0 spiro atoms. The molecular weight excluding hydrogens is 789 g/mol. The number of nitrogens with zero attached hydrogens (tertiary/aromatic N) is 4. The number of fused-ring (bicyclic) bond motifs is 2. The molecule has 3 atom stereocenters. The van der Waals surface area contributed by atoms with E-state index in [1.807, 2.05) is 121 Å². The molecule has 4 aliphatic rings. The van der Waals surface area contributed by atoms with Crippen molar-refractivity contribution in [3.63, 3.8) is 0 Å². The summed E-state index contributed by atoms with van der Waals surface area (Å²) in [6.07, 6.45) is 3.96. The van der Waals surface area contributed by atoms with Crippen molar-refractivity contribution >= 4 is 73.6 Å². The summed E-state index contributed by atoms with van der Waals surface area (Å²) in [5, 5.41) is 26.8. The van der Waals surface area contributed by atoms with Crippen LogP contribution in [-0.4, -0.2) is 51.4 Å². The standard InChI is InChI=1S/C53H42N4O6/c1-32(10-4-23-47(59)54-30-37-13-3-2-12-36(37)27-40(54)31-58)53(63)43-28-39(57-46-22-9-17-35-15-7-20-42(49(35)46)51(57)61)24-25-44(43)55(52(53)62)29-33-11-5-18-38(26-33)56-45-21-8-16-34-14-6-19-41(48(34)45)50(56)60/h2-22,24-26,28,32,40,58,63H,23,27,29-31H2,1H3/b10-4+/t32-,40-,53+/m0/s1. The predicted octanol–water partition coefficient (Wildman–Crippen LogP) is 8.84. The van der Waals surface area contributed by atoms with Crippen LogP contribution in [0.3, 0.4) is 0 Å². The molecule has 310 valence electrons. The molecule has 4 aliphatic heterocycles. The Morgan fingerprint density at radius 2 is 1.32 bits per heavy atom. The Bertz CT molecular complexity index is 3130. The topological polar surface area (TPSA) is 122 Å². The number of rotatable bonds is 9. The molecule has 0 unspecified atom stereocenters. The van der Waals surface area contributed by atoms with E-state index in [1.54, 1.807) is 56.9 Å². The molecular formula is C53H42N4O6. The van der Waals surface area contributed by atoms with Crippen molar-refractivity contribution < 1.29 is 29.4 Å². The molecule has 0 fully saturated rings. The van der Waals surface area contributed by atoms with Gasteiger partial charge in [0.05, 0.1) is 47.4 Å². The van der Waals surface area contributed by atoms with E-state index >= 15 is 0 Å². The van der Waals surface area contributed by atoms with Gasteiger partial charge in [0.15, 0.2) is 5.60 Å². The maximum absolute atomic E-state index is 15.0. The van der Waals surface area contributed by atoms with Gasteiger partial charge in [0.2, 0.25) is 5.91 Å². The van der Waals surface area contributed by atoms with Crippen molar-refractivity contribution in [2.75, 3.05) is 21.3 Å². The number of benzene rings is 7. The highest BCUT2D eigenvalue weighted by Crippen LogP contribution is 2.50. The van der Waals surface area contributed by atoms with Crippen LogP contribution in [0.5, 0.6) is 0 Å². The van der Waals surface area contributed by atoms with Gasteiger partial charge in [-0.25, -0.2) is 0 Å². The third-order valence-electron chi connectivity index (χ3n) is 13.4. The maximum atomic E-state index is 15.0. The number of carbonyl (C=O) groups excluding carboxylic acids is 4. The Kier molecular flexibility index (Phi) is 8.94. The first-order valence-electron chi connectivity index (χ1n) is 21.3. The first-order valence-corrected chi connectivity index (χ1v) is 21.3. The molecule has 63 heavy (non-hydrogen) atoms. The van der Waals surface area contributed by atoms with Crippen molar-refractivity contribution in [3.05, 3.63) is 185 Å². The molecule has 0 radical (unpaired) electrons. The van der Waals surface area contributed by atoms with Crippen molar-refractivity contribution in [2.45, 2.75) is 44.5 Å². The van der Waals surface area contributed by atoms with E-state index in [-0.39, 0.29) is 43.3 Å². The second-order valence-electron chi connectivity index (χ2n) is 16.9. The van der Waals surface area contributed by atoms with Gasteiger partial charge in [-0.2, -0.15) is 0 Å². The molecule has 7 aromatic rings. The highest BCUT2D eigenvalue weighted by molar-refractivity contribution is 6.29. The summed E-state index contributed by atoms with van der Waals surface area (Å²) < 4.78 is 0. The van der Waals surface area contributed by atoms with Crippen molar-refractivity contribution in [2.24, 2.45) is 5.92 Å². The van der Waals surface area contributed by atoms with Crippen LogP contribution in [-0.2, 0) is 34.7 Å². The third kappa shape index (κ3) is 5.86. The molecule has 0 saturated carbocycles. The van der Waals surface area contributed by atoms with E-state index in [4.69, 9.17) is 0 Å². The van der Waals surface area contributed by atoms with Crippen LogP contribution in [0.1, 0.15) is 56.3 Å². The monoisotopic (exact) mass is 830 g/mol. The second kappa shape index (κ2) is 14.6. The van der Waals surface area contributed by atoms with E-state index < -0.39 is 17.4 Å². The summed E-state index contributed by atoms with van der Waals surface area (Å²) in [6.45, 7) is 2.06. The Balaban J connectivity index is 0.934. The van der Waals surface area contributed by atoms with E-state index in [9.17, 15) is 29.4 Å². The Labute approximate surface area is 363 Å². The Morgan fingerprint density at radius 1 is 0.714 bits per heavy atom. The molecule has 11 rings (SSSR count). The minimum Gasteiger partial charge on any atom is -0.394 e. The molecule has 0 saturated heterocycles. The maximum Gasteiger partial charge on any atom is 0.264 e. The summed E-state index contributed by atoms with van der Waals surface area (Å²) in [7, 11) is 0. The zero-order valence-electron chi connectivity index (χ0n) is 34.4. The lowest BCUT2D eigenvalue weighted by atomic mass is 9.82. The number of amides is 4. The second-order valence-corrected chi connectivity index (χ2v) is 16.9. The minimum atomic E-state index is -2.08. The van der Waals surface area contributed by atoms with Crippen molar-refractivity contribution in [1.29, 1.82) is 0 Å². The lowest BCUT2D eigenvalue weighted by Crippen LogP contribution is -2.46. The van der Waals surface area contributed by atoms with Crippen LogP contribution in [0, 0.1) is 5.92 Å². The number of anilines is 5. The van der Waals surface area contributed by atoms with Gasteiger partial charge in [-0.3, -0.25) is 29.0 Å². The highest BCUT2D eigenvalue weighted by atomic mass is 16.3. The molecule has 10 heteroatoms. The van der Waals surface area contributed by atoms with Gasteiger partial charge >= 0.3 is 0 Å². The van der Waals surface area contributed by atoms with Crippen molar-refractivity contribution in [1.82, 2.24) is 4.90 Å². The molecule has 0 aromatic heterocycles. The molecule has 4 heterocycles. The molecule has 7 aromatic carbocycles. The van der Waals surface area contributed by atoms with Gasteiger partial charge in [0.25, 0.3) is 17.7 Å². The average Bonchev–Trinajstić information content (AvgIpc) is 3.85. The van der Waals surface area contributed by atoms with Crippen LogP contribution >= 0.6 is 0 Å². The number of hydrogen-bond acceptors (Lipinski definition) is 6. The van der Waals surface area contributed by atoms with E-state index in [0.29, 0.717) is 46.7 Å². The third-order valence-corrected chi connectivity index (χ3v) is 13.4. The molecule has 4 amide bonds. The van der Waals surface area contributed by atoms with Crippen LogP contribution in [0.4, 0.5) is 28.4 Å². The molecule has 0 bridgehead atoms. The van der Waals surface area contributed by atoms with Gasteiger partial charge in [0.1, 0.15) is 0 Å². The fourth-order valence-electron chi connectivity index (χ4n) is 10.2. The summed E-state index contributed by atoms with van der Waals surface area (Å²) in [4.78, 5) is 63.2. The van der Waals surface area contributed by atoms with Gasteiger partial charge in [-0.1, -0.05) is 104 Å². The highest BCUT2D eigenvalue weighted by Gasteiger charge is 2.53. The zero-order chi connectivity index (χ0) is 43.1. The van der Waals surface area contributed by atoms with Gasteiger partial charge < -0.3 is 20.0 Å². The van der Waals surface area contributed by atoms with Gasteiger partial charge in [-0.15, -0.1) is 0 Å². The van der Waals surface area contributed by atoms with Crippen LogP contribution < -0.4 is 14.7 Å². The van der Waals surface area contributed by atoms with Gasteiger partial charge in [0, 0.05) is 46.6 Å². The first kappa shape index (κ1) is 38.5. The van der Waals surface area contributed by atoms with E-state index in [1.165, 1.54) is 0 Å². The van der Waals surface area contributed by atoms with E-state index in [0.717, 1.165) is 49.6 Å². The van der Waals surface area contributed by atoms with E-state index in [2.05, 4.69) is 0 Å². The SMILES string of the molecule is C[C@@H](/C=C/CC(=O)N1Cc2ccccc2C[C@H]1CO)[C@]1(O)C(=O)N(Cc2cccc(N3C(=O)c4cccc5cccc3c45)c2)c2ccc(N3C(=O)c4cccc5cccc3c45)cc21. The molecule has 2 N–H and O–H groups in total. The summed E-state index contributed by atoms with van der Waals surface area (Å²) in [5.41, 5.74) is 5.53. The van der Waals surface area contributed by atoms with Crippen LogP contribution in [0.25, 0.3) is 21.5 Å². The number of aliphatic hydroxyl groups excluding tert-OH is 1. The fraction of sp³-hybridized carbons (Fsp3) is 0.170. The number of aliphatic hydroxyl groups is 2. The molecule has 0 aliphatic carbocycles. The Hall–Kier alpha value is -7.40. The fourth-order valence-corrected chi connectivity index (χ4v) is 10.2. The Morgan fingerprint density at radius 3 is 1.97 bits per heavy atom. The first-order chi connectivity index (χ1) is 30.6. The zero-order valence-corrected chi connectivity index (χ0v) is 34.4. The van der Waals surface area contributed by atoms with Crippen LogP contribution in [0.15, 0.2) is 152 Å². The lowest BCUT2D eigenvalue weighted by molar-refractivity contribution is -0.139. The number of hydrogen-bond donors (Lipinski definition) is 2. The minimum absolute atomic E-state index is 0.00797. The smallest absolute Gasteiger partial charge is 0.264 e. The summed E-state index contributed by atoms with van der Waals surface area (Å²) in [6, 6.07) is 43.4. The largest absolute Gasteiger partial charge is 0.394 e. The quantitative estimate of drug-likeness (QED) is 0.140. The summed E-state index contributed by atoms with van der Waals surface area (Å²) in [5.74, 6) is -1.86. The predicted molar refractivity (Wildman–Crippen MR) is 243 cm³/mol. The van der Waals surface area contributed by atoms with Crippen LogP contribution in [0.2, 0.25) is 0 Å². The number of carbonyl (C=O) groups is 4. The van der Waals surface area contributed by atoms with Gasteiger partial charge in [-0.05, 0) is 88.5 Å². The normalized spacial score (nSPS) is 19.2. The summed E-state index contributed by atoms with van der Waals surface area (Å²) >= 11 is 0. The molecule has 10 nitrogen and oxygen atoms in total. The lowest BCUT2D eigenvalue weighted by Gasteiger charge is -2.36.